The van der Waals surface area contributed by atoms with E-state index in [-0.39, 0.29) is 16.0 Å². The maximum atomic E-state index is 12.9. The van der Waals surface area contributed by atoms with Crippen molar-refractivity contribution in [1.82, 2.24) is 9.62 Å². The summed E-state index contributed by atoms with van der Waals surface area (Å²) in [5.41, 5.74) is 0. The summed E-state index contributed by atoms with van der Waals surface area (Å²) in [7, 11) is -1.84. The van der Waals surface area contributed by atoms with Gasteiger partial charge in [-0.05, 0) is 31.7 Å². The number of rotatable bonds is 3. The number of hydrogen-bond acceptors (Lipinski definition) is 3. The van der Waals surface area contributed by atoms with Crippen LogP contribution in [-0.2, 0) is 10.0 Å². The maximum Gasteiger partial charge on any atom is 0.244 e. The third-order valence-electron chi connectivity index (χ3n) is 3.07. The first kappa shape index (κ1) is 13.7. The summed E-state index contributed by atoms with van der Waals surface area (Å²) in [5, 5.41) is 2.96. The molecule has 1 aromatic rings. The molecule has 7 heteroatoms. The van der Waals surface area contributed by atoms with E-state index in [1.54, 1.807) is 7.05 Å². The zero-order chi connectivity index (χ0) is 13.3. The third kappa shape index (κ3) is 2.51. The smallest absolute Gasteiger partial charge is 0.244 e. The van der Waals surface area contributed by atoms with Crippen molar-refractivity contribution in [2.45, 2.75) is 17.4 Å². The van der Waals surface area contributed by atoms with Gasteiger partial charge in [-0.15, -0.1) is 0 Å². The minimum atomic E-state index is -3.63. The van der Waals surface area contributed by atoms with Crippen LogP contribution in [0.1, 0.15) is 6.42 Å². The molecule has 1 N–H and O–H groups in total. The van der Waals surface area contributed by atoms with Gasteiger partial charge in [0, 0.05) is 19.1 Å². The highest BCUT2D eigenvalue weighted by Gasteiger charge is 2.33. The number of sulfonamides is 1. The van der Waals surface area contributed by atoms with Crippen molar-refractivity contribution in [2.75, 3.05) is 20.1 Å². The summed E-state index contributed by atoms with van der Waals surface area (Å²) in [5.74, 6) is -0.548. The Morgan fingerprint density at radius 2 is 2.22 bits per heavy atom. The Morgan fingerprint density at radius 1 is 1.50 bits per heavy atom. The van der Waals surface area contributed by atoms with Gasteiger partial charge in [0.15, 0.2) is 0 Å². The summed E-state index contributed by atoms with van der Waals surface area (Å²) in [6.07, 6.45) is 0.758. The fraction of sp³-hybridized carbons (Fsp3) is 0.455. The first-order valence-electron chi connectivity index (χ1n) is 5.57. The van der Waals surface area contributed by atoms with Gasteiger partial charge in [0.2, 0.25) is 10.0 Å². The number of hydrogen-bond donors (Lipinski definition) is 1. The van der Waals surface area contributed by atoms with Crippen LogP contribution in [0.2, 0.25) is 5.02 Å². The Kier molecular flexibility index (Phi) is 3.91. The number of halogens is 2. The van der Waals surface area contributed by atoms with E-state index in [4.69, 9.17) is 11.6 Å². The van der Waals surface area contributed by atoms with Crippen molar-refractivity contribution in [3.63, 3.8) is 0 Å². The summed E-state index contributed by atoms with van der Waals surface area (Å²) < 4.78 is 38.9. The van der Waals surface area contributed by atoms with Crippen LogP contribution in [0.5, 0.6) is 0 Å². The Hall–Kier alpha value is -0.690. The van der Waals surface area contributed by atoms with Gasteiger partial charge in [0.25, 0.3) is 0 Å². The highest BCUT2D eigenvalue weighted by atomic mass is 35.5. The average molecular weight is 293 g/mol. The van der Waals surface area contributed by atoms with E-state index in [1.165, 1.54) is 10.4 Å². The lowest BCUT2D eigenvalue weighted by molar-refractivity contribution is 0.464. The molecule has 0 aromatic heterocycles. The van der Waals surface area contributed by atoms with Gasteiger partial charge < -0.3 is 5.32 Å². The van der Waals surface area contributed by atoms with E-state index in [1.807, 2.05) is 0 Å². The number of nitrogens with zero attached hydrogens (tertiary/aromatic N) is 1. The Morgan fingerprint density at radius 3 is 2.78 bits per heavy atom. The van der Waals surface area contributed by atoms with E-state index >= 15 is 0 Å². The SMILES string of the molecule is CNC1CCN(S(=O)(=O)c2ccc(F)cc2Cl)C1. The van der Waals surface area contributed by atoms with E-state index in [0.717, 1.165) is 18.6 Å². The van der Waals surface area contributed by atoms with Crippen LogP contribution >= 0.6 is 11.6 Å². The second-order valence-electron chi connectivity index (χ2n) is 4.21. The third-order valence-corrected chi connectivity index (χ3v) is 5.42. The van der Waals surface area contributed by atoms with E-state index in [0.29, 0.717) is 13.1 Å². The van der Waals surface area contributed by atoms with Crippen molar-refractivity contribution >= 4 is 21.6 Å². The second-order valence-corrected chi connectivity index (χ2v) is 6.53. The van der Waals surface area contributed by atoms with E-state index < -0.39 is 15.8 Å². The first-order chi connectivity index (χ1) is 8.45. The quantitative estimate of drug-likeness (QED) is 0.918. The molecule has 1 aliphatic heterocycles. The normalized spacial score (nSPS) is 21.4. The van der Waals surface area contributed by atoms with Crippen molar-refractivity contribution in [3.8, 4) is 0 Å². The Labute approximate surface area is 111 Å². The van der Waals surface area contributed by atoms with Gasteiger partial charge in [-0.2, -0.15) is 4.31 Å². The molecule has 0 spiro atoms. The molecule has 0 amide bonds. The molecule has 4 nitrogen and oxygen atoms in total. The summed E-state index contributed by atoms with van der Waals surface area (Å²) in [6, 6.07) is 3.48. The highest BCUT2D eigenvalue weighted by molar-refractivity contribution is 7.89. The zero-order valence-electron chi connectivity index (χ0n) is 9.86. The maximum absolute atomic E-state index is 12.9. The lowest BCUT2D eigenvalue weighted by atomic mass is 10.3. The van der Waals surface area contributed by atoms with Crippen molar-refractivity contribution in [2.24, 2.45) is 0 Å². The molecular weight excluding hydrogens is 279 g/mol. The number of benzene rings is 1. The standard InChI is InChI=1S/C11H14ClFN2O2S/c1-14-9-4-5-15(7-9)18(16,17)11-3-2-8(13)6-10(11)12/h2-3,6,9,14H,4-5,7H2,1H3. The van der Waals surface area contributed by atoms with Gasteiger partial charge in [0.1, 0.15) is 10.7 Å². The minimum Gasteiger partial charge on any atom is -0.316 e. The van der Waals surface area contributed by atoms with Gasteiger partial charge in [-0.1, -0.05) is 11.6 Å². The number of likely N-dealkylation sites (N-methyl/N-ethyl adjacent to an activating group) is 1. The van der Waals surface area contributed by atoms with Crippen LogP contribution in [0.4, 0.5) is 4.39 Å². The first-order valence-corrected chi connectivity index (χ1v) is 7.39. The molecule has 1 atom stereocenters. The summed E-state index contributed by atoms with van der Waals surface area (Å²) in [6.45, 7) is 0.855. The molecule has 18 heavy (non-hydrogen) atoms. The summed E-state index contributed by atoms with van der Waals surface area (Å²) >= 11 is 5.80. The minimum absolute atomic E-state index is 0.0395. The van der Waals surface area contributed by atoms with Gasteiger partial charge in [0.05, 0.1) is 5.02 Å². The Balaban J connectivity index is 2.31. The lowest BCUT2D eigenvalue weighted by Gasteiger charge is -2.17. The average Bonchev–Trinajstić information content (AvgIpc) is 2.77. The monoisotopic (exact) mass is 292 g/mol. The zero-order valence-corrected chi connectivity index (χ0v) is 11.4. The molecule has 1 unspecified atom stereocenters. The number of nitrogens with one attached hydrogen (secondary N) is 1. The molecule has 100 valence electrons. The molecule has 0 bridgehead atoms. The van der Waals surface area contributed by atoms with Crippen molar-refractivity contribution < 1.29 is 12.8 Å². The van der Waals surface area contributed by atoms with Crippen molar-refractivity contribution in [1.29, 1.82) is 0 Å². The molecule has 2 rings (SSSR count). The van der Waals surface area contributed by atoms with Crippen LogP contribution in [0.3, 0.4) is 0 Å². The van der Waals surface area contributed by atoms with Crippen LogP contribution in [0.15, 0.2) is 23.1 Å². The summed E-state index contributed by atoms with van der Waals surface area (Å²) in [4.78, 5) is -0.0395. The van der Waals surface area contributed by atoms with Crippen molar-refractivity contribution in [3.05, 3.63) is 29.0 Å². The molecule has 1 aliphatic rings. The molecule has 0 aliphatic carbocycles. The molecule has 1 saturated heterocycles. The van der Waals surface area contributed by atoms with Gasteiger partial charge >= 0.3 is 0 Å². The van der Waals surface area contributed by atoms with Gasteiger partial charge in [-0.25, -0.2) is 12.8 Å². The van der Waals surface area contributed by atoms with Gasteiger partial charge in [-0.3, -0.25) is 0 Å². The van der Waals surface area contributed by atoms with Crippen LogP contribution < -0.4 is 5.32 Å². The predicted molar refractivity (Wildman–Crippen MR) is 67.6 cm³/mol. The second kappa shape index (κ2) is 5.13. The molecule has 0 radical (unpaired) electrons. The van der Waals surface area contributed by atoms with Crippen LogP contribution in [0, 0.1) is 5.82 Å². The van der Waals surface area contributed by atoms with Crippen LogP contribution in [-0.4, -0.2) is 38.9 Å². The molecule has 0 saturated carbocycles. The van der Waals surface area contributed by atoms with Crippen LogP contribution in [0.25, 0.3) is 0 Å². The van der Waals surface area contributed by atoms with E-state index in [9.17, 15) is 12.8 Å². The highest BCUT2D eigenvalue weighted by Crippen LogP contribution is 2.27. The molecular formula is C11H14ClFN2O2S. The Bertz CT molecular complexity index is 550. The topological polar surface area (TPSA) is 49.4 Å². The fourth-order valence-electron chi connectivity index (χ4n) is 2.01. The lowest BCUT2D eigenvalue weighted by Crippen LogP contribution is -2.33. The largest absolute Gasteiger partial charge is 0.316 e. The molecule has 1 fully saturated rings. The van der Waals surface area contributed by atoms with E-state index in [2.05, 4.69) is 5.32 Å². The molecule has 1 aromatic carbocycles. The predicted octanol–water partition coefficient (Wildman–Crippen LogP) is 1.46. The fourth-order valence-corrected chi connectivity index (χ4v) is 4.01. The molecule has 1 heterocycles.